The predicted molar refractivity (Wildman–Crippen MR) is 78.3 cm³/mol. The normalized spacial score (nSPS) is 10.2. The Kier molecular flexibility index (Phi) is 4.93. The van der Waals surface area contributed by atoms with Crippen molar-refractivity contribution in [3.63, 3.8) is 0 Å². The number of rotatable bonds is 6. The van der Waals surface area contributed by atoms with Crippen molar-refractivity contribution in [1.29, 1.82) is 0 Å². The third-order valence-corrected chi connectivity index (χ3v) is 3.15. The Morgan fingerprint density at radius 3 is 2.33 bits per heavy atom. The molecule has 0 aliphatic carbocycles. The summed E-state index contributed by atoms with van der Waals surface area (Å²) in [5.41, 5.74) is 1.10. The average Bonchev–Trinajstić information content (AvgIpc) is 2.53. The zero-order valence-corrected chi connectivity index (χ0v) is 12.1. The van der Waals surface area contributed by atoms with Crippen LogP contribution in [0.15, 0.2) is 42.5 Å². The van der Waals surface area contributed by atoms with Gasteiger partial charge in [0.25, 0.3) is 0 Å². The Bertz CT molecular complexity index is 620. The van der Waals surface area contributed by atoms with E-state index >= 15 is 0 Å². The van der Waals surface area contributed by atoms with Gasteiger partial charge in [-0.1, -0.05) is 6.92 Å². The third kappa shape index (κ3) is 3.81. The van der Waals surface area contributed by atoms with Crippen LogP contribution in [0.25, 0.3) is 0 Å². The number of methoxy groups -OCH3 is 1. The van der Waals surface area contributed by atoms with E-state index in [0.717, 1.165) is 0 Å². The van der Waals surface area contributed by atoms with Crippen LogP contribution in [-0.2, 0) is 6.61 Å². The monoisotopic (exact) mass is 288 g/mol. The van der Waals surface area contributed by atoms with E-state index in [1.54, 1.807) is 36.4 Å². The molecule has 0 spiro atoms. The topological polar surface area (TPSA) is 35.5 Å². The molecule has 2 aromatic carbocycles. The Morgan fingerprint density at radius 1 is 1.10 bits per heavy atom. The van der Waals surface area contributed by atoms with Crippen LogP contribution in [0.3, 0.4) is 0 Å². The molecule has 2 rings (SSSR count). The van der Waals surface area contributed by atoms with Crippen molar-refractivity contribution < 1.29 is 18.7 Å². The quantitative estimate of drug-likeness (QED) is 0.753. The van der Waals surface area contributed by atoms with Gasteiger partial charge in [-0.3, -0.25) is 4.79 Å². The minimum absolute atomic E-state index is 0.0859. The zero-order valence-electron chi connectivity index (χ0n) is 12.1. The Morgan fingerprint density at radius 2 is 1.76 bits per heavy atom. The van der Waals surface area contributed by atoms with Gasteiger partial charge in [-0.05, 0) is 36.4 Å². The molecule has 0 N–H and O–H groups in total. The second kappa shape index (κ2) is 6.88. The number of hydrogen-bond acceptors (Lipinski definition) is 3. The first-order valence-electron chi connectivity index (χ1n) is 6.72. The number of ether oxygens (including phenoxy) is 2. The van der Waals surface area contributed by atoms with E-state index in [2.05, 4.69) is 0 Å². The SMILES string of the molecule is CCC(=O)c1ccc(OCc2ccc(OC)cc2F)cc1. The van der Waals surface area contributed by atoms with Crippen molar-refractivity contribution in [2.24, 2.45) is 0 Å². The maximum Gasteiger partial charge on any atom is 0.162 e. The summed E-state index contributed by atoms with van der Waals surface area (Å²) in [6, 6.07) is 11.5. The second-order valence-electron chi connectivity index (χ2n) is 4.55. The molecule has 21 heavy (non-hydrogen) atoms. The lowest BCUT2D eigenvalue weighted by Gasteiger charge is -2.09. The molecule has 0 saturated carbocycles. The van der Waals surface area contributed by atoms with Crippen LogP contribution in [0.2, 0.25) is 0 Å². The van der Waals surface area contributed by atoms with Gasteiger partial charge in [0.15, 0.2) is 5.78 Å². The van der Waals surface area contributed by atoms with Crippen LogP contribution in [0, 0.1) is 5.82 Å². The highest BCUT2D eigenvalue weighted by Gasteiger charge is 2.06. The van der Waals surface area contributed by atoms with Crippen molar-refractivity contribution >= 4 is 5.78 Å². The summed E-state index contributed by atoms with van der Waals surface area (Å²) >= 11 is 0. The van der Waals surface area contributed by atoms with Crippen LogP contribution < -0.4 is 9.47 Å². The van der Waals surface area contributed by atoms with Gasteiger partial charge in [-0.25, -0.2) is 4.39 Å². The van der Waals surface area contributed by atoms with Gasteiger partial charge in [0, 0.05) is 23.6 Å². The van der Waals surface area contributed by atoms with E-state index in [4.69, 9.17) is 9.47 Å². The van der Waals surface area contributed by atoms with Gasteiger partial charge < -0.3 is 9.47 Å². The minimum atomic E-state index is -0.368. The van der Waals surface area contributed by atoms with Gasteiger partial charge in [-0.2, -0.15) is 0 Å². The van der Waals surface area contributed by atoms with Crippen molar-refractivity contribution in [3.05, 3.63) is 59.4 Å². The van der Waals surface area contributed by atoms with Gasteiger partial charge in [0.2, 0.25) is 0 Å². The molecule has 0 bridgehead atoms. The van der Waals surface area contributed by atoms with Crippen LogP contribution in [0.4, 0.5) is 4.39 Å². The van der Waals surface area contributed by atoms with Crippen molar-refractivity contribution in [3.8, 4) is 11.5 Å². The van der Waals surface area contributed by atoms with Gasteiger partial charge in [-0.15, -0.1) is 0 Å². The molecule has 110 valence electrons. The van der Waals surface area contributed by atoms with Gasteiger partial charge in [0.1, 0.15) is 23.9 Å². The Labute approximate surface area is 123 Å². The van der Waals surface area contributed by atoms with Crippen LogP contribution in [-0.4, -0.2) is 12.9 Å². The highest BCUT2D eigenvalue weighted by molar-refractivity contribution is 5.95. The maximum atomic E-state index is 13.8. The van der Waals surface area contributed by atoms with E-state index in [1.807, 2.05) is 6.92 Å². The number of carbonyl (C=O) groups excluding carboxylic acids is 1. The molecule has 4 heteroatoms. The fourth-order valence-electron chi connectivity index (χ4n) is 1.87. The van der Waals surface area contributed by atoms with E-state index in [1.165, 1.54) is 13.2 Å². The Balaban J connectivity index is 2.01. The van der Waals surface area contributed by atoms with Crippen LogP contribution >= 0.6 is 0 Å². The van der Waals surface area contributed by atoms with Gasteiger partial charge >= 0.3 is 0 Å². The van der Waals surface area contributed by atoms with Crippen LogP contribution in [0.1, 0.15) is 29.3 Å². The van der Waals surface area contributed by atoms with E-state index in [-0.39, 0.29) is 18.2 Å². The van der Waals surface area contributed by atoms with E-state index in [9.17, 15) is 9.18 Å². The maximum absolute atomic E-state index is 13.8. The van der Waals surface area contributed by atoms with Crippen LogP contribution in [0.5, 0.6) is 11.5 Å². The fraction of sp³-hybridized carbons (Fsp3) is 0.235. The fourth-order valence-corrected chi connectivity index (χ4v) is 1.87. The standard InChI is InChI=1S/C17H17FO3/c1-3-17(19)12-4-7-14(8-5-12)21-11-13-6-9-15(20-2)10-16(13)18/h4-10H,3,11H2,1-2H3. The molecular formula is C17H17FO3. The first-order valence-corrected chi connectivity index (χ1v) is 6.72. The summed E-state index contributed by atoms with van der Waals surface area (Å²) in [6.45, 7) is 1.94. The van der Waals surface area contributed by atoms with Crippen molar-refractivity contribution in [1.82, 2.24) is 0 Å². The number of Topliss-reactive ketones (excluding diaryl/α,β-unsaturated/α-hetero) is 1. The van der Waals surface area contributed by atoms with Crippen molar-refractivity contribution in [2.45, 2.75) is 20.0 Å². The molecule has 2 aromatic rings. The number of carbonyl (C=O) groups is 1. The smallest absolute Gasteiger partial charge is 0.162 e. The molecule has 0 fully saturated rings. The molecule has 0 aliphatic heterocycles. The third-order valence-electron chi connectivity index (χ3n) is 3.15. The zero-order chi connectivity index (χ0) is 15.2. The van der Waals surface area contributed by atoms with E-state index in [0.29, 0.717) is 29.0 Å². The molecule has 0 radical (unpaired) electrons. The predicted octanol–water partition coefficient (Wildman–Crippen LogP) is 4.01. The summed E-state index contributed by atoms with van der Waals surface area (Å²) < 4.78 is 24.2. The molecule has 0 saturated heterocycles. The van der Waals surface area contributed by atoms with E-state index < -0.39 is 0 Å². The highest BCUT2D eigenvalue weighted by Crippen LogP contribution is 2.19. The summed E-state index contributed by atoms with van der Waals surface area (Å²) in [5.74, 6) is 0.784. The number of halogens is 1. The first kappa shape index (κ1) is 15.0. The lowest BCUT2D eigenvalue weighted by molar-refractivity contribution is 0.0988. The van der Waals surface area contributed by atoms with Gasteiger partial charge in [0.05, 0.1) is 7.11 Å². The number of hydrogen-bond donors (Lipinski definition) is 0. The molecule has 0 unspecified atom stereocenters. The lowest BCUT2D eigenvalue weighted by Crippen LogP contribution is -2.00. The molecule has 0 amide bonds. The second-order valence-corrected chi connectivity index (χ2v) is 4.55. The number of benzene rings is 2. The minimum Gasteiger partial charge on any atom is -0.497 e. The summed E-state index contributed by atoms with van der Waals surface area (Å²) in [7, 11) is 1.49. The highest BCUT2D eigenvalue weighted by atomic mass is 19.1. The molecule has 0 atom stereocenters. The summed E-state index contributed by atoms with van der Waals surface area (Å²) in [5, 5.41) is 0. The largest absolute Gasteiger partial charge is 0.497 e. The summed E-state index contributed by atoms with van der Waals surface area (Å²) in [4.78, 5) is 11.5. The van der Waals surface area contributed by atoms with Crippen molar-refractivity contribution in [2.75, 3.05) is 7.11 Å². The molecule has 0 heterocycles. The molecular weight excluding hydrogens is 271 g/mol. The molecule has 0 aromatic heterocycles. The average molecular weight is 288 g/mol. The molecule has 3 nitrogen and oxygen atoms in total. The first-order chi connectivity index (χ1) is 10.1. The Hall–Kier alpha value is -2.36. The number of ketones is 1. The molecule has 0 aliphatic rings. The summed E-state index contributed by atoms with van der Waals surface area (Å²) in [6.07, 6.45) is 0.470. The lowest BCUT2D eigenvalue weighted by atomic mass is 10.1.